The highest BCUT2D eigenvalue weighted by Crippen LogP contribution is 2.15. The maximum Gasteiger partial charge on any atom is 0.0670 e. The van der Waals surface area contributed by atoms with Crippen LogP contribution >= 0.6 is 0 Å². The van der Waals surface area contributed by atoms with Crippen molar-refractivity contribution in [3.63, 3.8) is 0 Å². The monoisotopic (exact) mass is 149 g/mol. The number of para-hydroxylation sites is 1. The topological polar surface area (TPSA) is 47.9 Å². The molecule has 1 aliphatic rings. The van der Waals surface area contributed by atoms with Crippen LogP contribution in [0.25, 0.3) is 0 Å². The normalized spacial score (nSPS) is 14.1. The second-order valence-electron chi connectivity index (χ2n) is 2.23. The SMILES string of the molecule is ON1N=Cc2ccccc2N1. The van der Waals surface area contributed by atoms with Crippen molar-refractivity contribution in [2.45, 2.75) is 0 Å². The Morgan fingerprint density at radius 1 is 1.36 bits per heavy atom. The van der Waals surface area contributed by atoms with E-state index < -0.39 is 0 Å². The molecule has 1 heterocycles. The van der Waals surface area contributed by atoms with Crippen LogP contribution in [0, 0.1) is 0 Å². The maximum absolute atomic E-state index is 8.88. The van der Waals surface area contributed by atoms with Crippen LogP contribution in [0.2, 0.25) is 0 Å². The zero-order chi connectivity index (χ0) is 7.68. The van der Waals surface area contributed by atoms with Crippen LogP contribution in [0.3, 0.4) is 0 Å². The van der Waals surface area contributed by atoms with Crippen molar-refractivity contribution in [3.8, 4) is 0 Å². The molecule has 1 aromatic carbocycles. The third-order valence-corrected chi connectivity index (χ3v) is 1.49. The zero-order valence-electron chi connectivity index (χ0n) is 5.73. The fraction of sp³-hybridized carbons (Fsp3) is 0. The first-order chi connectivity index (χ1) is 5.36. The largest absolute Gasteiger partial charge is 0.257 e. The van der Waals surface area contributed by atoms with Crippen molar-refractivity contribution in [3.05, 3.63) is 29.8 Å². The van der Waals surface area contributed by atoms with Gasteiger partial charge in [0.2, 0.25) is 0 Å². The molecule has 0 saturated heterocycles. The van der Waals surface area contributed by atoms with Gasteiger partial charge in [0.1, 0.15) is 0 Å². The van der Waals surface area contributed by atoms with Crippen molar-refractivity contribution in [2.24, 2.45) is 5.10 Å². The van der Waals surface area contributed by atoms with Gasteiger partial charge in [0.05, 0.1) is 11.9 Å². The lowest BCUT2D eigenvalue weighted by molar-refractivity contribution is -0.0644. The van der Waals surface area contributed by atoms with E-state index in [1.54, 1.807) is 6.21 Å². The summed E-state index contributed by atoms with van der Waals surface area (Å²) in [6.45, 7) is 0. The summed E-state index contributed by atoms with van der Waals surface area (Å²) < 4.78 is 0. The minimum absolute atomic E-state index is 0.683. The van der Waals surface area contributed by atoms with Gasteiger partial charge in [-0.15, -0.1) is 5.10 Å². The smallest absolute Gasteiger partial charge is 0.0670 e. The van der Waals surface area contributed by atoms with E-state index in [1.165, 1.54) is 0 Å². The van der Waals surface area contributed by atoms with Crippen LogP contribution in [0.5, 0.6) is 0 Å². The summed E-state index contributed by atoms with van der Waals surface area (Å²) in [6, 6.07) is 7.58. The van der Waals surface area contributed by atoms with Crippen LogP contribution in [0.4, 0.5) is 5.69 Å². The number of hydrogen-bond acceptors (Lipinski definition) is 4. The first kappa shape index (κ1) is 6.18. The highest BCUT2D eigenvalue weighted by molar-refractivity contribution is 5.88. The summed E-state index contributed by atoms with van der Waals surface area (Å²) in [7, 11) is 0. The molecule has 0 saturated carbocycles. The maximum atomic E-state index is 8.88. The molecule has 4 heteroatoms. The molecule has 0 spiro atoms. The highest BCUT2D eigenvalue weighted by Gasteiger charge is 2.05. The Kier molecular flexibility index (Phi) is 1.26. The van der Waals surface area contributed by atoms with Crippen LogP contribution in [-0.4, -0.2) is 16.7 Å². The van der Waals surface area contributed by atoms with Gasteiger partial charge in [-0.25, -0.2) is 0 Å². The Balaban J connectivity index is 2.46. The van der Waals surface area contributed by atoms with E-state index >= 15 is 0 Å². The number of hydrazine groups is 1. The van der Waals surface area contributed by atoms with Crippen molar-refractivity contribution >= 4 is 11.9 Å². The minimum Gasteiger partial charge on any atom is -0.257 e. The van der Waals surface area contributed by atoms with E-state index in [1.807, 2.05) is 24.3 Å². The molecular formula is C7H7N3O. The van der Waals surface area contributed by atoms with Gasteiger partial charge in [-0.1, -0.05) is 23.5 Å². The predicted octanol–water partition coefficient (Wildman–Crippen LogP) is 1.05. The number of hydrogen-bond donors (Lipinski definition) is 2. The molecule has 2 N–H and O–H groups in total. The summed E-state index contributed by atoms with van der Waals surface area (Å²) in [5, 5.41) is 13.2. The van der Waals surface area contributed by atoms with Crippen LogP contribution < -0.4 is 5.43 Å². The van der Waals surface area contributed by atoms with Gasteiger partial charge in [-0.3, -0.25) is 10.6 Å². The predicted molar refractivity (Wildman–Crippen MR) is 41.3 cm³/mol. The van der Waals surface area contributed by atoms with E-state index in [-0.39, 0.29) is 0 Å². The van der Waals surface area contributed by atoms with Crippen LogP contribution in [0.1, 0.15) is 5.56 Å². The molecule has 56 valence electrons. The molecular weight excluding hydrogens is 142 g/mol. The molecule has 0 unspecified atom stereocenters. The molecule has 0 bridgehead atoms. The molecule has 0 amide bonds. The highest BCUT2D eigenvalue weighted by atomic mass is 16.6. The number of benzene rings is 1. The molecule has 1 aliphatic heterocycles. The lowest BCUT2D eigenvalue weighted by Gasteiger charge is -2.18. The van der Waals surface area contributed by atoms with Crippen molar-refractivity contribution in [1.82, 2.24) is 5.28 Å². The average Bonchev–Trinajstić information content (AvgIpc) is 2.04. The van der Waals surface area contributed by atoms with Crippen LogP contribution in [-0.2, 0) is 0 Å². The summed E-state index contributed by atoms with van der Waals surface area (Å²) in [5.74, 6) is 0. The Labute approximate surface area is 63.7 Å². The van der Waals surface area contributed by atoms with Gasteiger partial charge in [-0.05, 0) is 6.07 Å². The number of fused-ring (bicyclic) bond motifs is 1. The number of nitrogens with zero attached hydrogens (tertiary/aromatic N) is 2. The molecule has 0 aliphatic carbocycles. The fourth-order valence-electron chi connectivity index (χ4n) is 0.965. The van der Waals surface area contributed by atoms with E-state index in [0.717, 1.165) is 11.3 Å². The molecule has 0 radical (unpaired) electrons. The van der Waals surface area contributed by atoms with Gasteiger partial charge >= 0.3 is 0 Å². The third kappa shape index (κ3) is 1.03. The van der Waals surface area contributed by atoms with Gasteiger partial charge in [0.15, 0.2) is 0 Å². The first-order valence-corrected chi connectivity index (χ1v) is 3.25. The number of anilines is 1. The van der Waals surface area contributed by atoms with E-state index in [4.69, 9.17) is 5.21 Å². The van der Waals surface area contributed by atoms with Gasteiger partial charge in [0, 0.05) is 5.56 Å². The Morgan fingerprint density at radius 2 is 2.18 bits per heavy atom. The molecule has 0 atom stereocenters. The molecule has 1 aromatic rings. The lowest BCUT2D eigenvalue weighted by atomic mass is 10.2. The Morgan fingerprint density at radius 3 is 3.09 bits per heavy atom. The lowest BCUT2D eigenvalue weighted by Crippen LogP contribution is -2.24. The molecule has 11 heavy (non-hydrogen) atoms. The second kappa shape index (κ2) is 2.25. The number of rotatable bonds is 0. The Bertz CT molecular complexity index is 297. The van der Waals surface area contributed by atoms with E-state index in [9.17, 15) is 0 Å². The van der Waals surface area contributed by atoms with Crippen molar-refractivity contribution in [1.29, 1.82) is 0 Å². The molecule has 2 rings (SSSR count). The summed E-state index contributed by atoms with van der Waals surface area (Å²) in [5.41, 5.74) is 4.47. The molecule has 4 nitrogen and oxygen atoms in total. The van der Waals surface area contributed by atoms with E-state index in [2.05, 4.69) is 10.5 Å². The zero-order valence-corrected chi connectivity index (χ0v) is 5.73. The number of hydrazone groups is 1. The minimum atomic E-state index is 0.683. The summed E-state index contributed by atoms with van der Waals surface area (Å²) >= 11 is 0. The standard InChI is InChI=1S/C7H7N3O/c11-10-8-5-6-3-1-2-4-7(6)9-10/h1-5,9,11H. The molecule has 0 fully saturated rings. The van der Waals surface area contributed by atoms with Crippen LogP contribution in [0.15, 0.2) is 29.4 Å². The van der Waals surface area contributed by atoms with Crippen molar-refractivity contribution < 1.29 is 5.21 Å². The Hall–Kier alpha value is -1.55. The average molecular weight is 149 g/mol. The third-order valence-electron chi connectivity index (χ3n) is 1.49. The quantitative estimate of drug-likeness (QED) is 0.579. The second-order valence-corrected chi connectivity index (χ2v) is 2.23. The van der Waals surface area contributed by atoms with Gasteiger partial charge in [0.25, 0.3) is 0 Å². The van der Waals surface area contributed by atoms with E-state index in [0.29, 0.717) is 5.28 Å². The van der Waals surface area contributed by atoms with Gasteiger partial charge < -0.3 is 0 Å². The number of nitrogens with one attached hydrogen (secondary N) is 1. The molecule has 0 aromatic heterocycles. The summed E-state index contributed by atoms with van der Waals surface area (Å²) in [6.07, 6.45) is 1.59. The fourth-order valence-corrected chi connectivity index (χ4v) is 0.965. The van der Waals surface area contributed by atoms with Crippen molar-refractivity contribution in [2.75, 3.05) is 5.43 Å². The summed E-state index contributed by atoms with van der Waals surface area (Å²) in [4.78, 5) is 0. The van der Waals surface area contributed by atoms with Gasteiger partial charge in [-0.2, -0.15) is 0 Å². The first-order valence-electron chi connectivity index (χ1n) is 3.25.